The molecule has 0 radical (unpaired) electrons. The van der Waals surface area contributed by atoms with Crippen LogP contribution in [0, 0.1) is 0 Å². The molecule has 0 saturated heterocycles. The average Bonchev–Trinajstić information content (AvgIpc) is 2.52. The van der Waals surface area contributed by atoms with E-state index in [2.05, 4.69) is 31.1 Å². The van der Waals surface area contributed by atoms with Crippen molar-refractivity contribution < 1.29 is 4.74 Å². The Kier molecular flexibility index (Phi) is 5.78. The maximum absolute atomic E-state index is 12.2. The van der Waals surface area contributed by atoms with Gasteiger partial charge in [-0.15, -0.1) is 0 Å². The summed E-state index contributed by atoms with van der Waals surface area (Å²) in [6.45, 7) is 7.42. The van der Waals surface area contributed by atoms with Crippen molar-refractivity contribution in [1.29, 1.82) is 0 Å². The zero-order valence-corrected chi connectivity index (χ0v) is 13.5. The molecule has 2 N–H and O–H groups in total. The molecule has 22 heavy (non-hydrogen) atoms. The van der Waals surface area contributed by atoms with Gasteiger partial charge in [0.05, 0.1) is 12.3 Å². The fraction of sp³-hybridized carbons (Fsp3) is 0.389. The molecular weight excluding hydrogens is 276 g/mol. The van der Waals surface area contributed by atoms with Crippen LogP contribution < -0.4 is 15.6 Å². The van der Waals surface area contributed by atoms with Crippen LogP contribution in [0.2, 0.25) is 0 Å². The summed E-state index contributed by atoms with van der Waals surface area (Å²) in [5.41, 5.74) is 2.38. The third-order valence-electron chi connectivity index (χ3n) is 3.33. The Morgan fingerprint density at radius 2 is 1.95 bits per heavy atom. The molecule has 4 nitrogen and oxygen atoms in total. The Bertz CT molecular complexity index is 662. The molecule has 0 amide bonds. The van der Waals surface area contributed by atoms with E-state index in [1.165, 1.54) is 0 Å². The summed E-state index contributed by atoms with van der Waals surface area (Å²) in [6, 6.07) is 11.9. The monoisotopic (exact) mass is 300 g/mol. The Morgan fingerprint density at radius 3 is 2.64 bits per heavy atom. The summed E-state index contributed by atoms with van der Waals surface area (Å²) in [4.78, 5) is 15.2. The maximum atomic E-state index is 12.2. The second-order valence-corrected chi connectivity index (χ2v) is 5.61. The van der Waals surface area contributed by atoms with Gasteiger partial charge in [0.1, 0.15) is 5.75 Å². The summed E-state index contributed by atoms with van der Waals surface area (Å²) in [5.74, 6) is 0.799. The minimum absolute atomic E-state index is 0.0593. The lowest BCUT2D eigenvalue weighted by molar-refractivity contribution is 0.318. The predicted molar refractivity (Wildman–Crippen MR) is 90.3 cm³/mol. The van der Waals surface area contributed by atoms with Crippen LogP contribution in [-0.4, -0.2) is 17.6 Å². The topological polar surface area (TPSA) is 54.1 Å². The summed E-state index contributed by atoms with van der Waals surface area (Å²) in [6.07, 6.45) is 0.949. The zero-order chi connectivity index (χ0) is 15.9. The molecule has 118 valence electrons. The molecule has 1 aromatic carbocycles. The Hall–Kier alpha value is -2.07. The van der Waals surface area contributed by atoms with Gasteiger partial charge in [-0.2, -0.15) is 0 Å². The van der Waals surface area contributed by atoms with E-state index < -0.39 is 0 Å². The third-order valence-corrected chi connectivity index (χ3v) is 3.33. The van der Waals surface area contributed by atoms with Gasteiger partial charge in [0, 0.05) is 23.7 Å². The highest BCUT2D eigenvalue weighted by Gasteiger charge is 2.08. The molecular formula is C18H24N2O2. The molecule has 2 rings (SSSR count). The molecule has 0 aliphatic heterocycles. The van der Waals surface area contributed by atoms with E-state index in [1.807, 2.05) is 36.4 Å². The van der Waals surface area contributed by atoms with Crippen molar-refractivity contribution in [3.05, 3.63) is 52.3 Å². The predicted octanol–water partition coefficient (Wildman–Crippen LogP) is 3.33. The van der Waals surface area contributed by atoms with E-state index in [4.69, 9.17) is 4.74 Å². The fourth-order valence-electron chi connectivity index (χ4n) is 2.14. The molecule has 0 aliphatic rings. The molecule has 0 saturated carbocycles. The smallest absolute Gasteiger partial charge is 0.252 e. The van der Waals surface area contributed by atoms with Crippen molar-refractivity contribution in [2.75, 3.05) is 6.61 Å². The van der Waals surface area contributed by atoms with E-state index in [1.54, 1.807) is 0 Å². The highest BCUT2D eigenvalue weighted by Crippen LogP contribution is 2.27. The Labute approximate surface area is 131 Å². The molecule has 0 fully saturated rings. The Morgan fingerprint density at radius 1 is 1.18 bits per heavy atom. The van der Waals surface area contributed by atoms with Crippen LogP contribution >= 0.6 is 0 Å². The quantitative estimate of drug-likeness (QED) is 0.824. The Balaban J connectivity index is 2.26. The molecule has 2 aromatic rings. The van der Waals surface area contributed by atoms with Crippen molar-refractivity contribution in [3.8, 4) is 17.0 Å². The van der Waals surface area contributed by atoms with Gasteiger partial charge in [0.25, 0.3) is 5.56 Å². The fourth-order valence-corrected chi connectivity index (χ4v) is 2.14. The number of hydrogen-bond donors (Lipinski definition) is 2. The summed E-state index contributed by atoms with van der Waals surface area (Å²) in [7, 11) is 0. The number of hydrogen-bond acceptors (Lipinski definition) is 3. The molecule has 1 heterocycles. The highest BCUT2D eigenvalue weighted by atomic mass is 16.5. The molecule has 0 bridgehead atoms. The van der Waals surface area contributed by atoms with Crippen LogP contribution in [-0.2, 0) is 6.54 Å². The van der Waals surface area contributed by atoms with Crippen molar-refractivity contribution in [1.82, 2.24) is 10.3 Å². The molecule has 0 aliphatic carbocycles. The van der Waals surface area contributed by atoms with Crippen molar-refractivity contribution in [3.63, 3.8) is 0 Å². The number of nitrogens with one attached hydrogen (secondary N) is 2. The van der Waals surface area contributed by atoms with Crippen LogP contribution in [0.5, 0.6) is 5.75 Å². The summed E-state index contributed by atoms with van der Waals surface area (Å²) in [5, 5.41) is 3.26. The van der Waals surface area contributed by atoms with Crippen molar-refractivity contribution >= 4 is 0 Å². The first-order valence-corrected chi connectivity index (χ1v) is 7.79. The minimum Gasteiger partial charge on any atom is -0.493 e. The number of aromatic amines is 1. The number of pyridine rings is 1. The molecule has 4 heteroatoms. The summed E-state index contributed by atoms with van der Waals surface area (Å²) >= 11 is 0. The lowest BCUT2D eigenvalue weighted by Gasteiger charge is -2.12. The van der Waals surface area contributed by atoms with Crippen LogP contribution in [0.1, 0.15) is 32.8 Å². The van der Waals surface area contributed by atoms with Gasteiger partial charge in [0.2, 0.25) is 0 Å². The van der Waals surface area contributed by atoms with Crippen molar-refractivity contribution in [2.24, 2.45) is 0 Å². The average molecular weight is 300 g/mol. The lowest BCUT2D eigenvalue weighted by atomic mass is 10.1. The minimum atomic E-state index is -0.0593. The van der Waals surface area contributed by atoms with Gasteiger partial charge in [0.15, 0.2) is 0 Å². The first kappa shape index (κ1) is 16.3. The largest absolute Gasteiger partial charge is 0.493 e. The number of aromatic nitrogens is 1. The molecule has 1 aromatic heterocycles. The first-order chi connectivity index (χ1) is 10.6. The number of ether oxygens (including phenoxy) is 1. The van der Waals surface area contributed by atoms with Gasteiger partial charge >= 0.3 is 0 Å². The second-order valence-electron chi connectivity index (χ2n) is 5.61. The van der Waals surface area contributed by atoms with Crippen LogP contribution in [0.4, 0.5) is 0 Å². The van der Waals surface area contributed by atoms with Crippen LogP contribution in [0.15, 0.2) is 41.2 Å². The van der Waals surface area contributed by atoms with Gasteiger partial charge in [-0.3, -0.25) is 4.79 Å². The first-order valence-electron chi connectivity index (χ1n) is 7.79. The highest BCUT2D eigenvalue weighted by molar-refractivity contribution is 5.67. The van der Waals surface area contributed by atoms with Gasteiger partial charge < -0.3 is 15.0 Å². The van der Waals surface area contributed by atoms with Gasteiger partial charge in [-0.05, 0) is 24.6 Å². The number of rotatable bonds is 7. The maximum Gasteiger partial charge on any atom is 0.252 e. The van der Waals surface area contributed by atoms with E-state index in [0.717, 1.165) is 29.0 Å². The number of benzene rings is 1. The van der Waals surface area contributed by atoms with E-state index in [-0.39, 0.29) is 5.56 Å². The molecule has 0 atom stereocenters. The summed E-state index contributed by atoms with van der Waals surface area (Å²) < 4.78 is 5.76. The SMILES string of the molecule is CCCOc1ccccc1-c1ccc(CNC(C)C)c(=O)[nH]1. The van der Waals surface area contributed by atoms with E-state index in [0.29, 0.717) is 19.2 Å². The standard InChI is InChI=1S/C18H24N2O2/c1-4-11-22-17-8-6-5-7-15(17)16-10-9-14(18(21)20-16)12-19-13(2)3/h5-10,13,19H,4,11-12H2,1-3H3,(H,20,21). The van der Waals surface area contributed by atoms with E-state index >= 15 is 0 Å². The third kappa shape index (κ3) is 4.21. The normalized spacial score (nSPS) is 10.9. The van der Waals surface area contributed by atoms with Gasteiger partial charge in [-0.25, -0.2) is 0 Å². The lowest BCUT2D eigenvalue weighted by Crippen LogP contribution is -2.26. The van der Waals surface area contributed by atoms with Gasteiger partial charge in [-0.1, -0.05) is 39.0 Å². The second kappa shape index (κ2) is 7.80. The molecule has 0 unspecified atom stereocenters. The van der Waals surface area contributed by atoms with Crippen LogP contribution in [0.3, 0.4) is 0 Å². The van der Waals surface area contributed by atoms with Crippen molar-refractivity contribution in [2.45, 2.75) is 39.8 Å². The van der Waals surface area contributed by atoms with E-state index in [9.17, 15) is 4.79 Å². The number of H-pyrrole nitrogens is 1. The van der Waals surface area contributed by atoms with Crippen LogP contribution in [0.25, 0.3) is 11.3 Å². The zero-order valence-electron chi connectivity index (χ0n) is 13.5. The molecule has 0 spiro atoms. The number of para-hydroxylation sites is 1.